The predicted molar refractivity (Wildman–Crippen MR) is 173 cm³/mol. The molecule has 0 N–H and O–H groups in total. The van der Waals surface area contributed by atoms with E-state index >= 15 is 0 Å². The standard InChI is InChI=1S/C19H16N.C18H24NSi.Ir/c1-15-14-20-19(17-10-6-3-7-11-17)13-18(15)12-16-8-4-2-5-9-16;1-14(2)11-16-12-17(15-9-7-6-8-10-15)19-13-18(16)20(3,4)5;/h2-10,13-14H,12H2,1H3;6-9,12-14H,11H2,1-5H3;/q2*-1;/i1D3,12D2;11D2;. The van der Waals surface area contributed by atoms with Crippen molar-refractivity contribution in [2.75, 3.05) is 0 Å². The number of hydrogen-bond donors (Lipinski definition) is 0. The Labute approximate surface area is 271 Å². The summed E-state index contributed by atoms with van der Waals surface area (Å²) in [5.74, 6) is -0.0856. The first-order valence-electron chi connectivity index (χ1n) is 17.0. The Hall–Kier alpha value is -3.17. The van der Waals surface area contributed by atoms with E-state index in [1.807, 2.05) is 62.5 Å². The van der Waals surface area contributed by atoms with Crippen molar-refractivity contribution in [3.63, 3.8) is 0 Å². The van der Waals surface area contributed by atoms with Crippen LogP contribution in [0.3, 0.4) is 0 Å². The monoisotopic (exact) mass is 740 g/mol. The molecular weight excluding hydrogens is 693 g/mol. The molecule has 5 rings (SSSR count). The van der Waals surface area contributed by atoms with Gasteiger partial charge in [-0.05, 0) is 58.8 Å². The summed E-state index contributed by atoms with van der Waals surface area (Å²) in [4.78, 5) is 8.81. The smallest absolute Gasteiger partial charge is 0.0798 e. The van der Waals surface area contributed by atoms with Gasteiger partial charge in [0.15, 0.2) is 0 Å². The van der Waals surface area contributed by atoms with Crippen molar-refractivity contribution in [1.29, 1.82) is 0 Å². The Morgan fingerprint density at radius 3 is 1.85 bits per heavy atom. The average Bonchev–Trinajstić information content (AvgIpc) is 3.05. The maximum absolute atomic E-state index is 8.57. The van der Waals surface area contributed by atoms with Crippen molar-refractivity contribution in [2.24, 2.45) is 5.92 Å². The second-order valence-electron chi connectivity index (χ2n) is 10.8. The van der Waals surface area contributed by atoms with Gasteiger partial charge in [0.1, 0.15) is 0 Å². The second kappa shape index (κ2) is 15.2. The van der Waals surface area contributed by atoms with Crippen LogP contribution in [0.1, 0.15) is 45.7 Å². The summed E-state index contributed by atoms with van der Waals surface area (Å²) in [5.41, 5.74) is 4.08. The minimum atomic E-state index is -2.45. The summed E-state index contributed by atoms with van der Waals surface area (Å²) >= 11 is 0. The first-order valence-corrected chi connectivity index (χ1v) is 17.0. The molecule has 213 valence electrons. The third kappa shape index (κ3) is 9.43. The molecule has 0 aliphatic carbocycles. The van der Waals surface area contributed by atoms with Crippen LogP contribution in [0.15, 0.2) is 103 Å². The summed E-state index contributed by atoms with van der Waals surface area (Å²) in [6.45, 7) is 8.11. The van der Waals surface area contributed by atoms with Gasteiger partial charge in [0.2, 0.25) is 0 Å². The molecule has 0 saturated heterocycles. The Kier molecular flexibility index (Phi) is 8.65. The fourth-order valence-electron chi connectivity index (χ4n) is 4.12. The summed E-state index contributed by atoms with van der Waals surface area (Å²) in [6, 6.07) is 33.1. The van der Waals surface area contributed by atoms with Gasteiger partial charge in [-0.25, -0.2) is 0 Å². The molecule has 0 aliphatic heterocycles. The molecule has 41 heavy (non-hydrogen) atoms. The molecule has 0 spiro atoms. The first kappa shape index (κ1) is 23.4. The van der Waals surface area contributed by atoms with E-state index in [-0.39, 0.29) is 37.2 Å². The van der Waals surface area contributed by atoms with E-state index < -0.39 is 27.7 Å². The zero-order chi connectivity index (χ0) is 34.6. The van der Waals surface area contributed by atoms with Crippen LogP contribution in [0.5, 0.6) is 0 Å². The average molecular weight is 740 g/mol. The van der Waals surface area contributed by atoms with Crippen molar-refractivity contribution in [1.82, 2.24) is 9.97 Å². The molecule has 5 aromatic rings. The van der Waals surface area contributed by atoms with Crippen molar-refractivity contribution in [3.05, 3.63) is 138 Å². The van der Waals surface area contributed by atoms with E-state index in [4.69, 9.17) is 9.60 Å². The molecule has 2 nitrogen and oxygen atoms in total. The number of aromatic nitrogens is 2. The summed E-state index contributed by atoms with van der Waals surface area (Å²) in [6.07, 6.45) is -0.184. The van der Waals surface area contributed by atoms with Crippen LogP contribution in [0.4, 0.5) is 0 Å². The molecule has 0 atom stereocenters. The van der Waals surface area contributed by atoms with E-state index in [9.17, 15) is 0 Å². The van der Waals surface area contributed by atoms with Crippen LogP contribution in [0.2, 0.25) is 19.6 Å². The van der Waals surface area contributed by atoms with Gasteiger partial charge in [-0.3, -0.25) is 0 Å². The SMILES string of the molecule is [2H]C([2H])([2H])c1cnc(-c2[c-]cccc2)cc1C([2H])([2H])c1ccccc1.[2H]C([2H])(c1cc(-c2[c-]cccc2)ncc1[Si](C)(C)C)C(C)C.[Ir]. The number of rotatable bonds is 7. The van der Waals surface area contributed by atoms with Crippen molar-refractivity contribution in [2.45, 2.75) is 53.1 Å². The maximum atomic E-state index is 8.57. The second-order valence-corrected chi connectivity index (χ2v) is 15.9. The van der Waals surface area contributed by atoms with Crippen LogP contribution >= 0.6 is 0 Å². The van der Waals surface area contributed by atoms with Crippen LogP contribution in [0.25, 0.3) is 22.5 Å². The fourth-order valence-corrected chi connectivity index (χ4v) is 5.52. The molecule has 3 aromatic carbocycles. The van der Waals surface area contributed by atoms with Gasteiger partial charge in [-0.2, -0.15) is 0 Å². The Morgan fingerprint density at radius 2 is 1.34 bits per heavy atom. The van der Waals surface area contributed by atoms with E-state index in [2.05, 4.69) is 41.7 Å². The molecular formula is C37H40IrN2Si-2. The van der Waals surface area contributed by atoms with Crippen molar-refractivity contribution >= 4 is 13.3 Å². The number of nitrogens with zero attached hydrogens (tertiary/aromatic N) is 2. The minimum Gasteiger partial charge on any atom is -0.305 e. The topological polar surface area (TPSA) is 25.8 Å². The molecule has 2 aromatic heterocycles. The van der Waals surface area contributed by atoms with Gasteiger partial charge in [0.05, 0.1) is 8.07 Å². The van der Waals surface area contributed by atoms with E-state index in [0.717, 1.165) is 22.0 Å². The molecule has 0 unspecified atom stereocenters. The summed E-state index contributed by atoms with van der Waals surface area (Å²) in [5, 5.41) is 1.10. The normalized spacial score (nSPS) is 14.4. The van der Waals surface area contributed by atoms with Gasteiger partial charge in [-0.1, -0.05) is 81.5 Å². The summed E-state index contributed by atoms with van der Waals surface area (Å²) in [7, 11) is -1.67. The fraction of sp³-hybridized carbons (Fsp3) is 0.243. The molecule has 0 aliphatic rings. The van der Waals surface area contributed by atoms with Crippen LogP contribution in [0, 0.1) is 24.9 Å². The molecule has 4 heteroatoms. The quantitative estimate of drug-likeness (QED) is 0.123. The number of hydrogen-bond acceptors (Lipinski definition) is 2. The molecule has 1 radical (unpaired) electrons. The molecule has 2 heterocycles. The Morgan fingerprint density at radius 1 is 0.780 bits per heavy atom. The zero-order valence-corrected chi connectivity index (χ0v) is 27.5. The van der Waals surface area contributed by atoms with Gasteiger partial charge in [0, 0.05) is 42.1 Å². The first-order chi connectivity index (χ1) is 21.9. The van der Waals surface area contributed by atoms with Crippen LogP contribution < -0.4 is 5.19 Å². The number of benzene rings is 3. The molecule has 0 bridgehead atoms. The van der Waals surface area contributed by atoms with Gasteiger partial charge < -0.3 is 9.97 Å². The Bertz CT molecular complexity index is 1780. The van der Waals surface area contributed by atoms with Gasteiger partial charge >= 0.3 is 0 Å². The van der Waals surface area contributed by atoms with Gasteiger partial charge in [-0.15, -0.1) is 71.8 Å². The zero-order valence-electron chi connectivity index (χ0n) is 31.1. The Balaban J connectivity index is 0.000000257. The van der Waals surface area contributed by atoms with Crippen LogP contribution in [-0.4, -0.2) is 18.0 Å². The number of pyridine rings is 2. The maximum Gasteiger partial charge on any atom is 0.0798 e. The molecule has 0 saturated carbocycles. The van der Waals surface area contributed by atoms with Crippen LogP contribution in [-0.2, 0) is 32.9 Å². The van der Waals surface area contributed by atoms with Crippen molar-refractivity contribution in [3.8, 4) is 22.5 Å². The molecule has 0 amide bonds. The van der Waals surface area contributed by atoms with Gasteiger partial charge in [0.25, 0.3) is 0 Å². The third-order valence-corrected chi connectivity index (χ3v) is 8.10. The molecule has 0 fully saturated rings. The third-order valence-electron chi connectivity index (χ3n) is 6.08. The predicted octanol–water partition coefficient (Wildman–Crippen LogP) is 8.74. The minimum absolute atomic E-state index is 0. The largest absolute Gasteiger partial charge is 0.305 e. The summed E-state index contributed by atoms with van der Waals surface area (Å²) < 4.78 is 57.5. The van der Waals surface area contributed by atoms with E-state index in [0.29, 0.717) is 16.8 Å². The van der Waals surface area contributed by atoms with Crippen molar-refractivity contribution < 1.29 is 29.7 Å². The number of aryl methyl sites for hydroxylation is 1. The van der Waals surface area contributed by atoms with E-state index in [1.165, 1.54) is 12.3 Å². The van der Waals surface area contributed by atoms with E-state index in [1.54, 1.807) is 42.5 Å².